The van der Waals surface area contributed by atoms with Crippen molar-refractivity contribution < 1.29 is 9.32 Å². The van der Waals surface area contributed by atoms with E-state index in [1.807, 2.05) is 60.7 Å². The Morgan fingerprint density at radius 3 is 2.73 bits per heavy atom. The van der Waals surface area contributed by atoms with Crippen LogP contribution >= 0.6 is 0 Å². The molecule has 2 aromatic carbocycles. The Bertz CT molecular complexity index is 1060. The van der Waals surface area contributed by atoms with Crippen molar-refractivity contribution in [2.45, 2.75) is 6.54 Å². The van der Waals surface area contributed by atoms with Gasteiger partial charge in [-0.3, -0.25) is 9.78 Å². The first-order valence-corrected chi connectivity index (χ1v) is 8.32. The fourth-order valence-electron chi connectivity index (χ4n) is 2.87. The summed E-state index contributed by atoms with van der Waals surface area (Å²) in [5, 5.41) is 5.03. The topological polar surface area (TPSA) is 59.2 Å². The third kappa shape index (κ3) is 3.19. The molecule has 0 bridgehead atoms. The molecule has 4 aromatic rings. The molecular formula is C21H17N3O2. The van der Waals surface area contributed by atoms with Crippen LogP contribution in [0.15, 0.2) is 77.4 Å². The predicted molar refractivity (Wildman–Crippen MR) is 99.5 cm³/mol. The minimum absolute atomic E-state index is 0.0755. The lowest BCUT2D eigenvalue weighted by atomic mass is 10.1. The molecule has 0 N–H and O–H groups in total. The molecule has 0 atom stereocenters. The second-order valence-corrected chi connectivity index (χ2v) is 6.12. The maximum atomic E-state index is 12.7. The molecule has 5 nitrogen and oxygen atoms in total. The quantitative estimate of drug-likeness (QED) is 0.558. The molecule has 2 heterocycles. The largest absolute Gasteiger partial charge is 0.359 e. The molecule has 2 aromatic heterocycles. The molecule has 0 fully saturated rings. The van der Waals surface area contributed by atoms with E-state index < -0.39 is 0 Å². The zero-order valence-corrected chi connectivity index (χ0v) is 14.3. The van der Waals surface area contributed by atoms with E-state index in [4.69, 9.17) is 4.52 Å². The van der Waals surface area contributed by atoms with E-state index in [0.29, 0.717) is 17.9 Å². The van der Waals surface area contributed by atoms with Crippen LogP contribution in [-0.2, 0) is 6.54 Å². The van der Waals surface area contributed by atoms with Crippen molar-refractivity contribution in [3.63, 3.8) is 0 Å². The Morgan fingerprint density at radius 1 is 1.04 bits per heavy atom. The monoisotopic (exact) mass is 343 g/mol. The molecule has 0 aliphatic carbocycles. The van der Waals surface area contributed by atoms with Crippen molar-refractivity contribution in [2.24, 2.45) is 0 Å². The van der Waals surface area contributed by atoms with Crippen LogP contribution in [0.5, 0.6) is 0 Å². The van der Waals surface area contributed by atoms with E-state index in [-0.39, 0.29) is 5.91 Å². The molecule has 0 aliphatic rings. The molecule has 26 heavy (non-hydrogen) atoms. The number of rotatable bonds is 4. The lowest BCUT2D eigenvalue weighted by Crippen LogP contribution is -2.25. The van der Waals surface area contributed by atoms with E-state index in [1.54, 1.807) is 24.2 Å². The van der Waals surface area contributed by atoms with Crippen LogP contribution in [0.1, 0.15) is 16.1 Å². The van der Waals surface area contributed by atoms with Gasteiger partial charge in [-0.15, -0.1) is 0 Å². The highest BCUT2D eigenvalue weighted by atomic mass is 16.5. The number of benzene rings is 2. The van der Waals surface area contributed by atoms with Crippen LogP contribution in [-0.4, -0.2) is 28.0 Å². The number of hydrogen-bond donors (Lipinski definition) is 0. The fourth-order valence-corrected chi connectivity index (χ4v) is 2.87. The number of amides is 1. The highest BCUT2D eigenvalue weighted by Crippen LogP contribution is 2.20. The smallest absolute Gasteiger partial charge is 0.254 e. The Hall–Kier alpha value is -3.47. The zero-order chi connectivity index (χ0) is 17.9. The third-order valence-corrected chi connectivity index (χ3v) is 4.22. The van der Waals surface area contributed by atoms with Gasteiger partial charge in [0.1, 0.15) is 5.69 Å². The van der Waals surface area contributed by atoms with Crippen LogP contribution in [0.4, 0.5) is 0 Å². The van der Waals surface area contributed by atoms with E-state index in [9.17, 15) is 4.79 Å². The molecule has 5 heteroatoms. The van der Waals surface area contributed by atoms with Crippen LogP contribution in [0.25, 0.3) is 22.2 Å². The van der Waals surface area contributed by atoms with Gasteiger partial charge in [-0.2, -0.15) is 0 Å². The van der Waals surface area contributed by atoms with E-state index in [0.717, 1.165) is 22.2 Å². The van der Waals surface area contributed by atoms with Crippen LogP contribution < -0.4 is 0 Å². The lowest BCUT2D eigenvalue weighted by Gasteiger charge is -2.15. The number of carbonyl (C=O) groups is 1. The number of carbonyl (C=O) groups excluding carboxylic acids is 1. The summed E-state index contributed by atoms with van der Waals surface area (Å²) in [6.45, 7) is 0.351. The van der Waals surface area contributed by atoms with Crippen LogP contribution in [0.3, 0.4) is 0 Å². The number of nitrogens with zero attached hydrogens (tertiary/aromatic N) is 3. The van der Waals surface area contributed by atoms with Gasteiger partial charge in [-0.25, -0.2) is 0 Å². The Morgan fingerprint density at radius 2 is 1.88 bits per heavy atom. The lowest BCUT2D eigenvalue weighted by molar-refractivity contribution is 0.0772. The Balaban J connectivity index is 1.51. The van der Waals surface area contributed by atoms with Crippen molar-refractivity contribution in [1.29, 1.82) is 0 Å². The van der Waals surface area contributed by atoms with Gasteiger partial charge in [0, 0.05) is 35.8 Å². The molecule has 0 aliphatic heterocycles. The summed E-state index contributed by atoms with van der Waals surface area (Å²) in [6.07, 6.45) is 1.74. The molecule has 1 amide bonds. The van der Waals surface area contributed by atoms with E-state index in [2.05, 4.69) is 10.1 Å². The normalized spacial score (nSPS) is 10.8. The maximum absolute atomic E-state index is 12.7. The Kier molecular flexibility index (Phi) is 4.19. The van der Waals surface area contributed by atoms with Gasteiger partial charge in [0.15, 0.2) is 5.76 Å². The fraction of sp³-hybridized carbons (Fsp3) is 0.0952. The van der Waals surface area contributed by atoms with Crippen molar-refractivity contribution in [3.05, 3.63) is 84.3 Å². The third-order valence-electron chi connectivity index (χ3n) is 4.22. The average molecular weight is 343 g/mol. The summed E-state index contributed by atoms with van der Waals surface area (Å²) in [6, 6.07) is 21.0. The van der Waals surface area contributed by atoms with Gasteiger partial charge < -0.3 is 9.42 Å². The number of fused-ring (bicyclic) bond motifs is 1. The first-order chi connectivity index (χ1) is 12.7. The first kappa shape index (κ1) is 16.0. The van der Waals surface area contributed by atoms with Gasteiger partial charge >= 0.3 is 0 Å². The maximum Gasteiger partial charge on any atom is 0.254 e. The highest BCUT2D eigenvalue weighted by molar-refractivity contribution is 5.97. The summed E-state index contributed by atoms with van der Waals surface area (Å²) in [4.78, 5) is 18.6. The van der Waals surface area contributed by atoms with Gasteiger partial charge in [-0.05, 0) is 24.3 Å². The van der Waals surface area contributed by atoms with Crippen molar-refractivity contribution in [3.8, 4) is 11.3 Å². The molecule has 0 spiro atoms. The predicted octanol–water partition coefficient (Wildman–Crippen LogP) is 4.16. The van der Waals surface area contributed by atoms with E-state index >= 15 is 0 Å². The minimum Gasteiger partial charge on any atom is -0.359 e. The molecule has 0 unspecified atom stereocenters. The molecular weight excluding hydrogens is 326 g/mol. The summed E-state index contributed by atoms with van der Waals surface area (Å²) in [5.74, 6) is 0.565. The highest BCUT2D eigenvalue weighted by Gasteiger charge is 2.15. The summed E-state index contributed by atoms with van der Waals surface area (Å²) >= 11 is 0. The van der Waals surface area contributed by atoms with Crippen molar-refractivity contribution in [1.82, 2.24) is 15.0 Å². The molecule has 128 valence electrons. The Labute approximate surface area is 150 Å². The van der Waals surface area contributed by atoms with Crippen LogP contribution in [0.2, 0.25) is 0 Å². The SMILES string of the molecule is CN(Cc1cc(-c2ccccc2)no1)C(=O)c1ccc2ncccc2c1. The number of pyridine rings is 1. The average Bonchev–Trinajstić information content (AvgIpc) is 3.16. The molecule has 0 saturated heterocycles. The minimum atomic E-state index is -0.0755. The van der Waals surface area contributed by atoms with Gasteiger partial charge in [0.2, 0.25) is 0 Å². The summed E-state index contributed by atoms with van der Waals surface area (Å²) < 4.78 is 5.39. The molecule has 0 radical (unpaired) electrons. The summed E-state index contributed by atoms with van der Waals surface area (Å²) in [5.41, 5.74) is 3.24. The zero-order valence-electron chi connectivity index (χ0n) is 14.3. The van der Waals surface area contributed by atoms with Crippen molar-refractivity contribution in [2.75, 3.05) is 7.05 Å². The number of aromatic nitrogens is 2. The van der Waals surface area contributed by atoms with Crippen molar-refractivity contribution >= 4 is 16.8 Å². The van der Waals surface area contributed by atoms with Crippen LogP contribution in [0, 0.1) is 0 Å². The second kappa shape index (κ2) is 6.80. The molecule has 4 rings (SSSR count). The van der Waals surface area contributed by atoms with Gasteiger partial charge in [0.25, 0.3) is 5.91 Å². The first-order valence-electron chi connectivity index (χ1n) is 8.32. The standard InChI is InChI=1S/C21H17N3O2/c1-24(14-18-13-20(23-26-18)15-6-3-2-4-7-15)21(25)17-9-10-19-16(12-17)8-5-11-22-19/h2-13H,14H2,1H3. The van der Waals surface area contributed by atoms with E-state index in [1.165, 1.54) is 0 Å². The number of hydrogen-bond acceptors (Lipinski definition) is 4. The summed E-state index contributed by atoms with van der Waals surface area (Å²) in [7, 11) is 1.75. The van der Waals surface area contributed by atoms with Gasteiger partial charge in [-0.1, -0.05) is 41.6 Å². The van der Waals surface area contributed by atoms with Gasteiger partial charge in [0.05, 0.1) is 12.1 Å². The molecule has 0 saturated carbocycles. The second-order valence-electron chi connectivity index (χ2n) is 6.12.